The lowest BCUT2D eigenvalue weighted by Gasteiger charge is -2.40. The van der Waals surface area contributed by atoms with E-state index in [1.807, 2.05) is 33.2 Å². The third-order valence-corrected chi connectivity index (χ3v) is 3.68. The Kier molecular flexibility index (Phi) is 5.84. The molecule has 1 atom stereocenters. The lowest BCUT2D eigenvalue weighted by molar-refractivity contribution is 0.537. The summed E-state index contributed by atoms with van der Waals surface area (Å²) in [4.78, 5) is 17.3. The van der Waals surface area contributed by atoms with Crippen LogP contribution in [-0.4, -0.2) is 40.6 Å². The number of hydrogen-bond acceptors (Lipinski definition) is 5. The molecule has 5 nitrogen and oxygen atoms in total. The summed E-state index contributed by atoms with van der Waals surface area (Å²) in [6, 6.07) is 3.44. The van der Waals surface area contributed by atoms with Gasteiger partial charge >= 0.3 is 0 Å². The highest BCUT2D eigenvalue weighted by Gasteiger charge is 2.25. The second-order valence-corrected chi connectivity index (χ2v) is 5.38. The summed E-state index contributed by atoms with van der Waals surface area (Å²) in [7, 11) is 0. The molecule has 124 valence electrons. The van der Waals surface area contributed by atoms with Crippen LogP contribution >= 0.6 is 0 Å². The van der Waals surface area contributed by atoms with Gasteiger partial charge in [-0.3, -0.25) is 0 Å². The van der Waals surface area contributed by atoms with Crippen LogP contribution < -0.4 is 9.80 Å². The normalized spacial score (nSPS) is 17.5. The van der Waals surface area contributed by atoms with Gasteiger partial charge in [-0.15, -0.1) is 0 Å². The number of aryl methyl sites for hydroxylation is 1. The molecule has 0 saturated carbocycles. The highest BCUT2D eigenvalue weighted by atomic mass is 19.1. The van der Waals surface area contributed by atoms with E-state index in [0.717, 1.165) is 37.0 Å². The number of hydrogen-bond donors (Lipinski definition) is 0. The Labute approximate surface area is 137 Å². The minimum absolute atomic E-state index is 0.265. The largest absolute Gasteiger partial charge is 0.350 e. The first-order valence-corrected chi connectivity index (χ1v) is 8.05. The first kappa shape index (κ1) is 17.1. The zero-order chi connectivity index (χ0) is 16.8. The average molecular weight is 317 g/mol. The topological polar surface area (TPSA) is 45.2 Å². The van der Waals surface area contributed by atoms with Crippen molar-refractivity contribution in [3.05, 3.63) is 42.1 Å². The first-order chi connectivity index (χ1) is 11.1. The van der Waals surface area contributed by atoms with E-state index in [-0.39, 0.29) is 11.9 Å². The second kappa shape index (κ2) is 7.85. The molecule has 1 aliphatic heterocycles. The fourth-order valence-corrected chi connectivity index (χ4v) is 2.57. The summed E-state index contributed by atoms with van der Waals surface area (Å²) in [5.41, 5.74) is 1.06. The summed E-state index contributed by atoms with van der Waals surface area (Å²) >= 11 is 0. The molecule has 3 heterocycles. The van der Waals surface area contributed by atoms with Crippen LogP contribution in [0.5, 0.6) is 0 Å². The minimum Gasteiger partial charge on any atom is -0.350 e. The lowest BCUT2D eigenvalue weighted by Crippen LogP contribution is -2.52. The number of pyridine rings is 1. The standard InChI is InChI=1S/C15H18FN5.C2H6/c1-11-7-18-15(19-8-11)20-5-6-21(12(2)10-20)14-4-3-13(16)9-17-14;1-2/h3-4,7-9,12H,5-6,10H2,1-2H3;1-2H3/t12-;/m0./s1. The Morgan fingerprint density at radius 3 is 2.30 bits per heavy atom. The molecule has 2 aromatic heterocycles. The van der Waals surface area contributed by atoms with E-state index in [1.54, 1.807) is 6.07 Å². The Bertz CT molecular complexity index is 599. The number of nitrogens with zero attached hydrogens (tertiary/aromatic N) is 5. The maximum atomic E-state index is 13.0. The molecule has 1 fully saturated rings. The van der Waals surface area contributed by atoms with Gasteiger partial charge in [0.2, 0.25) is 5.95 Å². The molecule has 0 bridgehead atoms. The van der Waals surface area contributed by atoms with Gasteiger partial charge < -0.3 is 9.80 Å². The second-order valence-electron chi connectivity index (χ2n) is 5.38. The lowest BCUT2D eigenvalue weighted by atomic mass is 10.2. The van der Waals surface area contributed by atoms with Crippen molar-refractivity contribution in [1.82, 2.24) is 15.0 Å². The molecule has 0 amide bonds. The molecule has 0 aliphatic carbocycles. The molecule has 0 aromatic carbocycles. The number of anilines is 2. The van der Waals surface area contributed by atoms with Crippen molar-refractivity contribution in [2.75, 3.05) is 29.4 Å². The highest BCUT2D eigenvalue weighted by Crippen LogP contribution is 2.20. The van der Waals surface area contributed by atoms with Gasteiger partial charge in [-0.05, 0) is 31.5 Å². The Hall–Kier alpha value is -2.24. The third-order valence-electron chi connectivity index (χ3n) is 3.68. The molecule has 2 aromatic rings. The van der Waals surface area contributed by atoms with Crippen LogP contribution in [-0.2, 0) is 0 Å². The molecule has 1 saturated heterocycles. The molecular weight excluding hydrogens is 293 g/mol. The maximum absolute atomic E-state index is 13.0. The summed E-state index contributed by atoms with van der Waals surface area (Å²) in [6.07, 6.45) is 4.93. The summed E-state index contributed by atoms with van der Waals surface area (Å²) in [6.45, 7) is 10.6. The monoisotopic (exact) mass is 317 g/mol. The van der Waals surface area contributed by atoms with Gasteiger partial charge in [0.05, 0.1) is 6.20 Å². The van der Waals surface area contributed by atoms with Crippen LogP contribution in [0.1, 0.15) is 26.3 Å². The molecule has 0 spiro atoms. The van der Waals surface area contributed by atoms with Crippen LogP contribution in [0.15, 0.2) is 30.7 Å². The van der Waals surface area contributed by atoms with Crippen LogP contribution in [0.2, 0.25) is 0 Å². The van der Waals surface area contributed by atoms with Crippen molar-refractivity contribution in [3.8, 4) is 0 Å². The van der Waals surface area contributed by atoms with Crippen LogP contribution in [0.25, 0.3) is 0 Å². The Morgan fingerprint density at radius 1 is 1.04 bits per heavy atom. The van der Waals surface area contributed by atoms with E-state index in [4.69, 9.17) is 0 Å². The van der Waals surface area contributed by atoms with E-state index in [1.165, 1.54) is 12.3 Å². The van der Waals surface area contributed by atoms with Gasteiger partial charge in [-0.2, -0.15) is 0 Å². The quantitative estimate of drug-likeness (QED) is 0.852. The molecule has 0 N–H and O–H groups in total. The van der Waals surface area contributed by atoms with Gasteiger partial charge in [-0.1, -0.05) is 13.8 Å². The van der Waals surface area contributed by atoms with E-state index >= 15 is 0 Å². The molecule has 23 heavy (non-hydrogen) atoms. The highest BCUT2D eigenvalue weighted by molar-refractivity contribution is 5.43. The number of halogens is 1. The van der Waals surface area contributed by atoms with Crippen molar-refractivity contribution >= 4 is 11.8 Å². The van der Waals surface area contributed by atoms with Gasteiger partial charge in [0, 0.05) is 38.1 Å². The predicted octanol–water partition coefficient (Wildman–Crippen LogP) is 3.06. The fraction of sp³-hybridized carbons (Fsp3) is 0.471. The molecule has 1 aliphatic rings. The van der Waals surface area contributed by atoms with E-state index < -0.39 is 0 Å². The van der Waals surface area contributed by atoms with Crippen LogP contribution in [0.3, 0.4) is 0 Å². The maximum Gasteiger partial charge on any atom is 0.225 e. The molecule has 6 heteroatoms. The van der Waals surface area contributed by atoms with E-state index in [0.29, 0.717) is 0 Å². The average Bonchev–Trinajstić information content (AvgIpc) is 2.58. The summed E-state index contributed by atoms with van der Waals surface area (Å²) in [5, 5.41) is 0. The van der Waals surface area contributed by atoms with Crippen molar-refractivity contribution in [1.29, 1.82) is 0 Å². The van der Waals surface area contributed by atoms with Gasteiger partial charge in [-0.25, -0.2) is 19.3 Å². The Balaban J connectivity index is 0.000000924. The summed E-state index contributed by atoms with van der Waals surface area (Å²) < 4.78 is 13.0. The van der Waals surface area contributed by atoms with Crippen molar-refractivity contribution in [2.45, 2.75) is 33.7 Å². The first-order valence-electron chi connectivity index (χ1n) is 8.05. The number of rotatable bonds is 2. The van der Waals surface area contributed by atoms with Crippen LogP contribution in [0, 0.1) is 12.7 Å². The molecule has 0 radical (unpaired) electrons. The fourth-order valence-electron chi connectivity index (χ4n) is 2.57. The van der Waals surface area contributed by atoms with Gasteiger partial charge in [0.15, 0.2) is 0 Å². The molecule has 0 unspecified atom stereocenters. The van der Waals surface area contributed by atoms with E-state index in [9.17, 15) is 4.39 Å². The minimum atomic E-state index is -0.307. The molecule has 3 rings (SSSR count). The summed E-state index contributed by atoms with van der Waals surface area (Å²) in [5.74, 6) is 1.27. The van der Waals surface area contributed by atoms with Crippen LogP contribution in [0.4, 0.5) is 16.2 Å². The smallest absolute Gasteiger partial charge is 0.225 e. The van der Waals surface area contributed by atoms with Gasteiger partial charge in [0.1, 0.15) is 11.6 Å². The predicted molar refractivity (Wildman–Crippen MR) is 91.3 cm³/mol. The third kappa shape index (κ3) is 4.15. The Morgan fingerprint density at radius 2 is 1.74 bits per heavy atom. The number of piperazine rings is 1. The van der Waals surface area contributed by atoms with Gasteiger partial charge in [0.25, 0.3) is 0 Å². The zero-order valence-electron chi connectivity index (χ0n) is 14.2. The zero-order valence-corrected chi connectivity index (χ0v) is 14.2. The van der Waals surface area contributed by atoms with Crippen molar-refractivity contribution < 1.29 is 4.39 Å². The van der Waals surface area contributed by atoms with Crippen molar-refractivity contribution in [2.24, 2.45) is 0 Å². The SMILES string of the molecule is CC.Cc1cnc(N2CCN(c3ccc(F)cn3)[C@@H](C)C2)nc1. The number of aromatic nitrogens is 3. The van der Waals surface area contributed by atoms with E-state index in [2.05, 4.69) is 31.7 Å². The van der Waals surface area contributed by atoms with Crippen molar-refractivity contribution in [3.63, 3.8) is 0 Å². The molecular formula is C17H24FN5.